The molecule has 0 spiro atoms. The first-order valence-corrected chi connectivity index (χ1v) is 6.65. The Morgan fingerprint density at radius 3 is 2.56 bits per heavy atom. The van der Waals surface area contributed by atoms with Crippen LogP contribution in [0.15, 0.2) is 24.3 Å². The van der Waals surface area contributed by atoms with Gasteiger partial charge in [-0.3, -0.25) is 0 Å². The molecular formula is C15H26N2O. The van der Waals surface area contributed by atoms with Crippen LogP contribution in [0.1, 0.15) is 32.4 Å². The van der Waals surface area contributed by atoms with Crippen molar-refractivity contribution < 1.29 is 4.74 Å². The van der Waals surface area contributed by atoms with E-state index >= 15 is 0 Å². The van der Waals surface area contributed by atoms with Crippen molar-refractivity contribution in [3.05, 3.63) is 29.8 Å². The second-order valence-electron chi connectivity index (χ2n) is 5.15. The molecule has 0 aliphatic rings. The number of ether oxygens (including phenoxy) is 1. The first-order valence-electron chi connectivity index (χ1n) is 6.65. The maximum Gasteiger partial charge on any atom is 0.119 e. The minimum Gasteiger partial charge on any atom is -0.497 e. The SMILES string of the molecule is COc1cccc([C@@H](C)NCC(CN)C(C)C)c1. The summed E-state index contributed by atoms with van der Waals surface area (Å²) in [6, 6.07) is 8.49. The summed E-state index contributed by atoms with van der Waals surface area (Å²) >= 11 is 0. The van der Waals surface area contributed by atoms with Crippen LogP contribution in [0, 0.1) is 11.8 Å². The van der Waals surface area contributed by atoms with Gasteiger partial charge < -0.3 is 15.8 Å². The zero-order valence-electron chi connectivity index (χ0n) is 11.9. The van der Waals surface area contributed by atoms with Crippen LogP contribution in [0.25, 0.3) is 0 Å². The normalized spacial score (nSPS) is 14.6. The smallest absolute Gasteiger partial charge is 0.119 e. The molecule has 0 fully saturated rings. The highest BCUT2D eigenvalue weighted by molar-refractivity contribution is 5.30. The Kier molecular flexibility index (Phi) is 6.16. The van der Waals surface area contributed by atoms with Gasteiger partial charge in [-0.2, -0.15) is 0 Å². The summed E-state index contributed by atoms with van der Waals surface area (Å²) in [5.41, 5.74) is 7.03. The second-order valence-corrected chi connectivity index (χ2v) is 5.15. The fourth-order valence-corrected chi connectivity index (χ4v) is 1.95. The second kappa shape index (κ2) is 7.39. The summed E-state index contributed by atoms with van der Waals surface area (Å²) < 4.78 is 5.24. The molecule has 3 N–H and O–H groups in total. The van der Waals surface area contributed by atoms with Crippen LogP contribution < -0.4 is 15.8 Å². The highest BCUT2D eigenvalue weighted by atomic mass is 16.5. The molecule has 0 aliphatic carbocycles. The molecule has 0 heterocycles. The molecule has 0 radical (unpaired) electrons. The molecule has 0 saturated heterocycles. The lowest BCUT2D eigenvalue weighted by atomic mass is 9.95. The van der Waals surface area contributed by atoms with E-state index in [9.17, 15) is 0 Å². The van der Waals surface area contributed by atoms with Crippen molar-refractivity contribution in [1.29, 1.82) is 0 Å². The molecule has 3 nitrogen and oxygen atoms in total. The summed E-state index contributed by atoms with van der Waals surface area (Å²) in [4.78, 5) is 0. The molecule has 1 aromatic carbocycles. The third-order valence-corrected chi connectivity index (χ3v) is 3.53. The Bertz CT molecular complexity index is 352. The van der Waals surface area contributed by atoms with Gasteiger partial charge in [0.1, 0.15) is 5.75 Å². The van der Waals surface area contributed by atoms with Gasteiger partial charge in [-0.1, -0.05) is 26.0 Å². The minimum atomic E-state index is 0.313. The third kappa shape index (κ3) is 4.31. The predicted octanol–water partition coefficient (Wildman–Crippen LogP) is 2.58. The molecule has 1 aromatic rings. The number of hydrogen-bond acceptors (Lipinski definition) is 3. The van der Waals surface area contributed by atoms with Crippen LogP contribution in [-0.4, -0.2) is 20.2 Å². The van der Waals surface area contributed by atoms with Crippen LogP contribution in [0.2, 0.25) is 0 Å². The molecule has 0 amide bonds. The summed E-state index contributed by atoms with van der Waals surface area (Å²) in [6.07, 6.45) is 0. The van der Waals surface area contributed by atoms with Gasteiger partial charge in [0.05, 0.1) is 7.11 Å². The van der Waals surface area contributed by atoms with Crippen LogP contribution in [0.5, 0.6) is 5.75 Å². The van der Waals surface area contributed by atoms with Crippen LogP contribution >= 0.6 is 0 Å². The highest BCUT2D eigenvalue weighted by Gasteiger charge is 2.13. The molecule has 0 aliphatic heterocycles. The lowest BCUT2D eigenvalue weighted by Crippen LogP contribution is -2.33. The van der Waals surface area contributed by atoms with Crippen LogP contribution in [0.4, 0.5) is 0 Å². The zero-order valence-corrected chi connectivity index (χ0v) is 11.9. The van der Waals surface area contributed by atoms with E-state index in [0.29, 0.717) is 17.9 Å². The number of hydrogen-bond donors (Lipinski definition) is 2. The Hall–Kier alpha value is -1.06. The summed E-state index contributed by atoms with van der Waals surface area (Å²) in [5.74, 6) is 2.04. The number of benzene rings is 1. The van der Waals surface area contributed by atoms with Gasteiger partial charge in [0.2, 0.25) is 0 Å². The summed E-state index contributed by atoms with van der Waals surface area (Å²) in [7, 11) is 1.69. The fourth-order valence-electron chi connectivity index (χ4n) is 1.95. The minimum absolute atomic E-state index is 0.313. The molecule has 0 bridgehead atoms. The van der Waals surface area contributed by atoms with Gasteiger partial charge in [-0.25, -0.2) is 0 Å². The van der Waals surface area contributed by atoms with Crippen LogP contribution in [0.3, 0.4) is 0 Å². The Morgan fingerprint density at radius 1 is 1.28 bits per heavy atom. The van der Waals surface area contributed by atoms with Crippen molar-refractivity contribution in [2.75, 3.05) is 20.2 Å². The Labute approximate surface area is 111 Å². The van der Waals surface area contributed by atoms with Gasteiger partial charge >= 0.3 is 0 Å². The van der Waals surface area contributed by atoms with Gasteiger partial charge in [0, 0.05) is 6.04 Å². The van der Waals surface area contributed by atoms with E-state index in [2.05, 4.69) is 38.2 Å². The van der Waals surface area contributed by atoms with Gasteiger partial charge in [0.15, 0.2) is 0 Å². The van der Waals surface area contributed by atoms with E-state index in [1.54, 1.807) is 7.11 Å². The molecule has 18 heavy (non-hydrogen) atoms. The average molecular weight is 250 g/mol. The van der Waals surface area contributed by atoms with Gasteiger partial charge in [-0.05, 0) is 49.5 Å². The number of nitrogens with two attached hydrogens (primary N) is 1. The highest BCUT2D eigenvalue weighted by Crippen LogP contribution is 2.19. The van der Waals surface area contributed by atoms with E-state index in [4.69, 9.17) is 10.5 Å². The van der Waals surface area contributed by atoms with Gasteiger partial charge in [0.25, 0.3) is 0 Å². The van der Waals surface area contributed by atoms with E-state index in [0.717, 1.165) is 18.8 Å². The van der Waals surface area contributed by atoms with Crippen LogP contribution in [-0.2, 0) is 0 Å². The number of methoxy groups -OCH3 is 1. The third-order valence-electron chi connectivity index (χ3n) is 3.53. The number of rotatable bonds is 7. The summed E-state index contributed by atoms with van der Waals surface area (Å²) in [6.45, 7) is 8.29. The Morgan fingerprint density at radius 2 is 2.00 bits per heavy atom. The fraction of sp³-hybridized carbons (Fsp3) is 0.600. The standard InChI is InChI=1S/C15H26N2O/c1-11(2)14(9-16)10-17-12(3)13-6-5-7-15(8-13)18-4/h5-8,11-12,14,17H,9-10,16H2,1-4H3/t12-,14?/m1/s1. The average Bonchev–Trinajstić information content (AvgIpc) is 2.38. The molecular weight excluding hydrogens is 224 g/mol. The molecule has 1 rings (SSSR count). The number of nitrogens with one attached hydrogen (secondary N) is 1. The van der Waals surface area contributed by atoms with Crippen molar-refractivity contribution in [3.8, 4) is 5.75 Å². The van der Waals surface area contributed by atoms with Crippen molar-refractivity contribution in [1.82, 2.24) is 5.32 Å². The topological polar surface area (TPSA) is 47.3 Å². The lowest BCUT2D eigenvalue weighted by molar-refractivity contribution is 0.355. The first-order chi connectivity index (χ1) is 8.58. The van der Waals surface area contributed by atoms with Gasteiger partial charge in [-0.15, -0.1) is 0 Å². The van der Waals surface area contributed by atoms with Crippen molar-refractivity contribution >= 4 is 0 Å². The molecule has 1 unspecified atom stereocenters. The predicted molar refractivity (Wildman–Crippen MR) is 76.8 cm³/mol. The maximum absolute atomic E-state index is 5.78. The quantitative estimate of drug-likeness (QED) is 0.782. The van der Waals surface area contributed by atoms with E-state index < -0.39 is 0 Å². The largest absolute Gasteiger partial charge is 0.497 e. The summed E-state index contributed by atoms with van der Waals surface area (Å²) in [5, 5.41) is 3.55. The monoisotopic (exact) mass is 250 g/mol. The first kappa shape index (κ1) is 15.0. The zero-order chi connectivity index (χ0) is 13.5. The molecule has 0 aromatic heterocycles. The van der Waals surface area contributed by atoms with Crippen molar-refractivity contribution in [2.45, 2.75) is 26.8 Å². The van der Waals surface area contributed by atoms with E-state index in [1.165, 1.54) is 5.56 Å². The molecule has 102 valence electrons. The van der Waals surface area contributed by atoms with E-state index in [-0.39, 0.29) is 0 Å². The lowest BCUT2D eigenvalue weighted by Gasteiger charge is -2.22. The molecule has 3 heteroatoms. The Balaban J connectivity index is 2.56. The molecule has 2 atom stereocenters. The molecule has 0 saturated carbocycles. The maximum atomic E-state index is 5.78. The van der Waals surface area contributed by atoms with Crippen molar-refractivity contribution in [2.24, 2.45) is 17.6 Å². The van der Waals surface area contributed by atoms with Crippen molar-refractivity contribution in [3.63, 3.8) is 0 Å². The van der Waals surface area contributed by atoms with E-state index in [1.807, 2.05) is 12.1 Å².